The summed E-state index contributed by atoms with van der Waals surface area (Å²) in [6, 6.07) is 20.2. The van der Waals surface area contributed by atoms with Gasteiger partial charge in [-0.25, -0.2) is 0 Å². The molecule has 2 atom stereocenters. The number of hydrogen-bond acceptors (Lipinski definition) is 3. The lowest BCUT2D eigenvalue weighted by Crippen LogP contribution is -2.34. The molecule has 0 aliphatic carbocycles. The number of benzene rings is 2. The van der Waals surface area contributed by atoms with Crippen molar-refractivity contribution in [2.75, 3.05) is 7.11 Å². The second-order valence-corrected chi connectivity index (χ2v) is 6.36. The number of hydrogen-bond donors (Lipinski definition) is 1. The molecule has 0 aromatic heterocycles. The van der Waals surface area contributed by atoms with Crippen LogP contribution in [0.15, 0.2) is 90.8 Å². The molecule has 0 bridgehead atoms. The van der Waals surface area contributed by atoms with Crippen LogP contribution >= 0.6 is 0 Å². The van der Waals surface area contributed by atoms with Gasteiger partial charge in [0.2, 0.25) is 0 Å². The third-order valence-corrected chi connectivity index (χ3v) is 4.58. The molecule has 1 aliphatic rings. The lowest BCUT2D eigenvalue weighted by molar-refractivity contribution is -0.145. The molecule has 0 amide bonds. The molecule has 0 spiro atoms. The normalized spacial score (nSPS) is 19.4. The number of nitrogens with one attached hydrogen (secondary N) is 1. The minimum atomic E-state index is -0.331. The first-order chi connectivity index (χ1) is 14.2. The lowest BCUT2D eigenvalue weighted by atomic mass is 9.92. The number of ether oxygens (including phenoxy) is 1. The second-order valence-electron chi connectivity index (χ2n) is 6.36. The standard InChI is InChI=1S/C24H23NO2.C2H6/c1-18(24(26)27-2)23-16-15-22(20-12-7-4-8-13-20)21(14-9-17-25-23)19-10-5-3-6-11-19;1-2/h3-14,16-18,23,25H,1-2H3;1-2H3/b17-9+,21-14+;. The Balaban J connectivity index is 0.00000145. The van der Waals surface area contributed by atoms with Crippen LogP contribution in [0.5, 0.6) is 0 Å². The van der Waals surface area contributed by atoms with Crippen molar-refractivity contribution in [2.45, 2.75) is 26.8 Å². The first kappa shape index (κ1) is 22.0. The van der Waals surface area contributed by atoms with Gasteiger partial charge in [0.1, 0.15) is 0 Å². The fraction of sp³-hybridized carbons (Fsp3) is 0.231. The number of carbonyl (C=O) groups excluding carboxylic acids is 1. The molecule has 1 heterocycles. The van der Waals surface area contributed by atoms with Crippen LogP contribution in [0.25, 0.3) is 11.1 Å². The molecule has 2 aromatic carbocycles. The van der Waals surface area contributed by atoms with Crippen LogP contribution in [0, 0.1) is 5.92 Å². The Kier molecular flexibility index (Phi) is 8.75. The summed E-state index contributed by atoms with van der Waals surface area (Å²) in [5, 5.41) is 3.26. The van der Waals surface area contributed by atoms with Crippen molar-refractivity contribution in [1.82, 2.24) is 5.32 Å². The Bertz CT molecular complexity index is 904. The highest BCUT2D eigenvalue weighted by molar-refractivity contribution is 6.05. The van der Waals surface area contributed by atoms with Gasteiger partial charge >= 0.3 is 5.97 Å². The van der Waals surface area contributed by atoms with Gasteiger partial charge in [0.25, 0.3) is 0 Å². The van der Waals surface area contributed by atoms with Crippen LogP contribution in [0.3, 0.4) is 0 Å². The molecule has 0 fully saturated rings. The zero-order chi connectivity index (χ0) is 21.1. The number of carbonyl (C=O) groups is 1. The van der Waals surface area contributed by atoms with Gasteiger partial charge in [0.15, 0.2) is 0 Å². The summed E-state index contributed by atoms with van der Waals surface area (Å²) in [6.45, 7) is 5.85. The molecule has 1 N–H and O–H groups in total. The topological polar surface area (TPSA) is 38.3 Å². The molecule has 2 unspecified atom stereocenters. The summed E-state index contributed by atoms with van der Waals surface area (Å²) in [5.74, 6) is -0.585. The Morgan fingerprint density at radius 3 is 2.17 bits per heavy atom. The van der Waals surface area contributed by atoms with E-state index in [2.05, 4.69) is 41.4 Å². The monoisotopic (exact) mass is 387 g/mol. The van der Waals surface area contributed by atoms with Crippen molar-refractivity contribution in [3.05, 3.63) is 102 Å². The van der Waals surface area contributed by atoms with Crippen molar-refractivity contribution in [1.29, 1.82) is 0 Å². The highest BCUT2D eigenvalue weighted by Gasteiger charge is 2.22. The van der Waals surface area contributed by atoms with E-state index in [1.807, 2.05) is 75.5 Å². The van der Waals surface area contributed by atoms with Crippen molar-refractivity contribution in [3.63, 3.8) is 0 Å². The van der Waals surface area contributed by atoms with Crippen molar-refractivity contribution in [2.24, 2.45) is 5.92 Å². The van der Waals surface area contributed by atoms with Gasteiger partial charge in [-0.3, -0.25) is 4.79 Å². The van der Waals surface area contributed by atoms with E-state index >= 15 is 0 Å². The summed E-state index contributed by atoms with van der Waals surface area (Å²) in [6.07, 6.45) is 7.80. The van der Waals surface area contributed by atoms with E-state index < -0.39 is 0 Å². The van der Waals surface area contributed by atoms with E-state index in [4.69, 9.17) is 4.74 Å². The van der Waals surface area contributed by atoms with Crippen molar-refractivity contribution < 1.29 is 9.53 Å². The quantitative estimate of drug-likeness (QED) is 0.546. The van der Waals surface area contributed by atoms with Crippen molar-refractivity contribution in [3.8, 4) is 0 Å². The largest absolute Gasteiger partial charge is 0.469 e. The minimum absolute atomic E-state index is 0.212. The maximum atomic E-state index is 12.0. The first-order valence-corrected chi connectivity index (χ1v) is 9.99. The van der Waals surface area contributed by atoms with E-state index in [0.29, 0.717) is 0 Å². The fourth-order valence-electron chi connectivity index (χ4n) is 3.02. The molecule has 1 aliphatic heterocycles. The highest BCUT2D eigenvalue weighted by atomic mass is 16.5. The average Bonchev–Trinajstić information content (AvgIpc) is 2.91. The maximum absolute atomic E-state index is 12.0. The van der Waals surface area contributed by atoms with Crippen LogP contribution in [0.1, 0.15) is 31.9 Å². The molecule has 3 nitrogen and oxygen atoms in total. The average molecular weight is 388 g/mol. The molecule has 0 saturated heterocycles. The number of esters is 1. The van der Waals surface area contributed by atoms with Gasteiger partial charge in [0, 0.05) is 5.57 Å². The fourth-order valence-corrected chi connectivity index (χ4v) is 3.02. The Labute approximate surface area is 174 Å². The zero-order valence-corrected chi connectivity index (χ0v) is 17.6. The van der Waals surface area contributed by atoms with Crippen LogP contribution in [-0.2, 0) is 9.53 Å². The third kappa shape index (κ3) is 5.84. The van der Waals surface area contributed by atoms with E-state index in [0.717, 1.165) is 22.3 Å². The number of allylic oxidation sites excluding steroid dienone is 3. The van der Waals surface area contributed by atoms with E-state index in [1.54, 1.807) is 0 Å². The SMILES string of the molecule is CC.COC(=O)C(C)C1C=C=C(c2ccccc2)/C(c2ccccc2)=C/C=C/N1. The van der Waals surface area contributed by atoms with Crippen LogP contribution in [0.4, 0.5) is 0 Å². The molecule has 2 aromatic rings. The number of rotatable bonds is 4. The van der Waals surface area contributed by atoms with Crippen LogP contribution < -0.4 is 5.32 Å². The highest BCUT2D eigenvalue weighted by Crippen LogP contribution is 2.31. The molecular weight excluding hydrogens is 358 g/mol. The summed E-state index contributed by atoms with van der Waals surface area (Å²) >= 11 is 0. The summed E-state index contributed by atoms with van der Waals surface area (Å²) in [7, 11) is 1.41. The van der Waals surface area contributed by atoms with Gasteiger partial charge in [-0.15, -0.1) is 5.73 Å². The first-order valence-electron chi connectivity index (χ1n) is 9.99. The molecule has 0 radical (unpaired) electrons. The van der Waals surface area contributed by atoms with Gasteiger partial charge in [-0.05, 0) is 42.0 Å². The van der Waals surface area contributed by atoms with E-state index in [-0.39, 0.29) is 17.9 Å². The van der Waals surface area contributed by atoms with E-state index in [9.17, 15) is 4.79 Å². The van der Waals surface area contributed by atoms with Gasteiger partial charge < -0.3 is 10.1 Å². The Morgan fingerprint density at radius 1 is 1.00 bits per heavy atom. The zero-order valence-electron chi connectivity index (χ0n) is 17.6. The molecule has 3 rings (SSSR count). The molecule has 150 valence electrons. The number of methoxy groups -OCH3 is 1. The van der Waals surface area contributed by atoms with Gasteiger partial charge in [0.05, 0.1) is 19.1 Å². The lowest BCUT2D eigenvalue weighted by Gasteiger charge is -2.18. The summed E-state index contributed by atoms with van der Waals surface area (Å²) in [4.78, 5) is 12.0. The molecule has 3 heteroatoms. The molecule has 0 saturated carbocycles. The summed E-state index contributed by atoms with van der Waals surface area (Å²) < 4.78 is 4.90. The second kappa shape index (κ2) is 11.5. The Morgan fingerprint density at radius 2 is 1.59 bits per heavy atom. The smallest absolute Gasteiger partial charge is 0.310 e. The summed E-state index contributed by atoms with van der Waals surface area (Å²) in [5.41, 5.74) is 7.69. The van der Waals surface area contributed by atoms with Gasteiger partial charge in [-0.1, -0.05) is 80.6 Å². The third-order valence-electron chi connectivity index (χ3n) is 4.58. The Hall–Kier alpha value is -3.29. The van der Waals surface area contributed by atoms with E-state index in [1.165, 1.54) is 7.11 Å². The predicted octanol–water partition coefficient (Wildman–Crippen LogP) is 5.63. The van der Waals surface area contributed by atoms with Crippen LogP contribution in [-0.4, -0.2) is 19.1 Å². The molecule has 29 heavy (non-hydrogen) atoms. The maximum Gasteiger partial charge on any atom is 0.310 e. The van der Waals surface area contributed by atoms with Gasteiger partial charge in [-0.2, -0.15) is 0 Å². The van der Waals surface area contributed by atoms with Crippen LogP contribution in [0.2, 0.25) is 0 Å². The van der Waals surface area contributed by atoms with Crippen molar-refractivity contribution >= 4 is 17.1 Å². The molecular formula is C26H29NO2. The minimum Gasteiger partial charge on any atom is -0.469 e. The predicted molar refractivity (Wildman–Crippen MR) is 121 cm³/mol.